The van der Waals surface area contributed by atoms with Gasteiger partial charge in [-0.1, -0.05) is 35.3 Å². The van der Waals surface area contributed by atoms with E-state index in [0.29, 0.717) is 22.3 Å². The quantitative estimate of drug-likeness (QED) is 0.869. The SMILES string of the molecule is Cc1cccc(NC(=O)CCCc2ccc(Cl)c(Cl)c2)n1. The lowest BCUT2D eigenvalue weighted by Crippen LogP contribution is -2.12. The molecule has 110 valence electrons. The molecule has 0 aliphatic rings. The maximum absolute atomic E-state index is 11.8. The topological polar surface area (TPSA) is 42.0 Å². The van der Waals surface area contributed by atoms with Gasteiger partial charge in [-0.3, -0.25) is 4.79 Å². The van der Waals surface area contributed by atoms with Crippen molar-refractivity contribution < 1.29 is 4.79 Å². The number of benzene rings is 1. The van der Waals surface area contributed by atoms with Crippen LogP contribution in [0, 0.1) is 6.92 Å². The van der Waals surface area contributed by atoms with E-state index in [0.717, 1.165) is 24.1 Å². The number of carbonyl (C=O) groups excluding carboxylic acids is 1. The van der Waals surface area contributed by atoms with Gasteiger partial charge >= 0.3 is 0 Å². The highest BCUT2D eigenvalue weighted by Crippen LogP contribution is 2.23. The largest absolute Gasteiger partial charge is 0.311 e. The van der Waals surface area contributed by atoms with Gasteiger partial charge in [0, 0.05) is 12.1 Å². The molecule has 0 spiro atoms. The van der Waals surface area contributed by atoms with Crippen molar-refractivity contribution in [2.24, 2.45) is 0 Å². The summed E-state index contributed by atoms with van der Waals surface area (Å²) in [6.07, 6.45) is 1.97. The molecular weight excluding hydrogens is 307 g/mol. The van der Waals surface area contributed by atoms with Crippen molar-refractivity contribution in [1.82, 2.24) is 4.98 Å². The number of hydrogen-bond acceptors (Lipinski definition) is 2. The normalized spacial score (nSPS) is 10.4. The third-order valence-corrected chi connectivity index (χ3v) is 3.75. The lowest BCUT2D eigenvalue weighted by atomic mass is 10.1. The zero-order valence-electron chi connectivity index (χ0n) is 11.7. The number of aromatic nitrogens is 1. The van der Waals surface area contributed by atoms with Gasteiger partial charge in [-0.15, -0.1) is 0 Å². The highest BCUT2D eigenvalue weighted by atomic mass is 35.5. The van der Waals surface area contributed by atoms with E-state index >= 15 is 0 Å². The van der Waals surface area contributed by atoms with E-state index < -0.39 is 0 Å². The Kier molecular flexibility index (Phi) is 5.59. The molecule has 1 aromatic carbocycles. The summed E-state index contributed by atoms with van der Waals surface area (Å²) in [5.74, 6) is 0.558. The van der Waals surface area contributed by atoms with Crippen molar-refractivity contribution in [3.05, 3.63) is 57.7 Å². The number of carbonyl (C=O) groups is 1. The molecule has 0 radical (unpaired) electrons. The number of nitrogens with one attached hydrogen (secondary N) is 1. The second kappa shape index (κ2) is 7.43. The van der Waals surface area contributed by atoms with Crippen molar-refractivity contribution in [2.75, 3.05) is 5.32 Å². The molecule has 0 aliphatic heterocycles. The summed E-state index contributed by atoms with van der Waals surface area (Å²) < 4.78 is 0. The lowest BCUT2D eigenvalue weighted by Gasteiger charge is -2.06. The molecule has 0 saturated carbocycles. The van der Waals surface area contributed by atoms with Crippen molar-refractivity contribution >= 4 is 34.9 Å². The van der Waals surface area contributed by atoms with Crippen molar-refractivity contribution in [3.63, 3.8) is 0 Å². The van der Waals surface area contributed by atoms with Crippen molar-refractivity contribution in [3.8, 4) is 0 Å². The molecule has 1 aromatic heterocycles. The maximum Gasteiger partial charge on any atom is 0.225 e. The van der Waals surface area contributed by atoms with Crippen molar-refractivity contribution in [1.29, 1.82) is 0 Å². The van der Waals surface area contributed by atoms with Gasteiger partial charge in [0.25, 0.3) is 0 Å². The van der Waals surface area contributed by atoms with E-state index in [4.69, 9.17) is 23.2 Å². The van der Waals surface area contributed by atoms with Gasteiger partial charge < -0.3 is 5.32 Å². The van der Waals surface area contributed by atoms with Gasteiger partial charge in [0.1, 0.15) is 5.82 Å². The van der Waals surface area contributed by atoms with E-state index in [2.05, 4.69) is 10.3 Å². The number of amides is 1. The average molecular weight is 323 g/mol. The molecule has 5 heteroatoms. The first-order valence-corrected chi connectivity index (χ1v) is 7.47. The Morgan fingerprint density at radius 3 is 2.71 bits per heavy atom. The highest BCUT2D eigenvalue weighted by molar-refractivity contribution is 6.42. The minimum absolute atomic E-state index is 0.0341. The van der Waals surface area contributed by atoms with E-state index in [1.54, 1.807) is 12.1 Å². The molecule has 1 heterocycles. The number of hydrogen-bond donors (Lipinski definition) is 1. The van der Waals surface area contributed by atoms with Crippen LogP contribution in [0.3, 0.4) is 0 Å². The summed E-state index contributed by atoms with van der Waals surface area (Å²) in [6, 6.07) is 11.1. The predicted molar refractivity (Wildman–Crippen MR) is 87.0 cm³/mol. The van der Waals surface area contributed by atoms with E-state index in [1.165, 1.54) is 0 Å². The Morgan fingerprint density at radius 1 is 1.19 bits per heavy atom. The second-order valence-corrected chi connectivity index (χ2v) is 5.63. The summed E-state index contributed by atoms with van der Waals surface area (Å²) in [7, 11) is 0. The molecule has 0 saturated heterocycles. The van der Waals surface area contributed by atoms with Crippen LogP contribution >= 0.6 is 23.2 Å². The van der Waals surface area contributed by atoms with Crippen LogP contribution in [0.2, 0.25) is 10.0 Å². The smallest absolute Gasteiger partial charge is 0.225 e. The van der Waals surface area contributed by atoms with Crippen LogP contribution in [0.1, 0.15) is 24.1 Å². The number of pyridine rings is 1. The van der Waals surface area contributed by atoms with Crippen LogP contribution in [0.5, 0.6) is 0 Å². The highest BCUT2D eigenvalue weighted by Gasteiger charge is 2.05. The molecule has 2 aromatic rings. The fourth-order valence-electron chi connectivity index (χ4n) is 1.97. The third kappa shape index (κ3) is 5.03. The van der Waals surface area contributed by atoms with E-state index in [-0.39, 0.29) is 5.91 Å². The molecule has 0 fully saturated rings. The third-order valence-electron chi connectivity index (χ3n) is 3.01. The molecule has 0 unspecified atom stereocenters. The molecule has 0 atom stereocenters. The van der Waals surface area contributed by atoms with Crippen LogP contribution < -0.4 is 5.32 Å². The summed E-state index contributed by atoms with van der Waals surface area (Å²) >= 11 is 11.8. The maximum atomic E-state index is 11.8. The minimum Gasteiger partial charge on any atom is -0.311 e. The first-order valence-electron chi connectivity index (χ1n) is 6.72. The van der Waals surface area contributed by atoms with Crippen LogP contribution in [-0.4, -0.2) is 10.9 Å². The first-order chi connectivity index (χ1) is 10.0. The van der Waals surface area contributed by atoms with Gasteiger partial charge in [-0.2, -0.15) is 0 Å². The monoisotopic (exact) mass is 322 g/mol. The fourth-order valence-corrected chi connectivity index (χ4v) is 2.29. The van der Waals surface area contributed by atoms with Gasteiger partial charge in [0.15, 0.2) is 0 Å². The average Bonchev–Trinajstić information content (AvgIpc) is 2.43. The molecular formula is C16H16Cl2N2O. The predicted octanol–water partition coefficient (Wildman–Crippen LogP) is 4.66. The number of anilines is 1. The summed E-state index contributed by atoms with van der Waals surface area (Å²) in [5, 5.41) is 3.88. The van der Waals surface area contributed by atoms with E-state index in [1.807, 2.05) is 31.2 Å². The molecule has 21 heavy (non-hydrogen) atoms. The Balaban J connectivity index is 1.80. The van der Waals surface area contributed by atoms with Gasteiger partial charge in [0.2, 0.25) is 5.91 Å². The minimum atomic E-state index is -0.0341. The Bertz CT molecular complexity index is 644. The lowest BCUT2D eigenvalue weighted by molar-refractivity contribution is -0.116. The Labute approximate surface area is 134 Å². The standard InChI is InChI=1S/C16H16Cl2N2O/c1-11-4-2-6-15(19-11)20-16(21)7-3-5-12-8-9-13(17)14(18)10-12/h2,4,6,8-10H,3,5,7H2,1H3,(H,19,20,21). The molecule has 2 rings (SSSR count). The molecule has 0 aliphatic carbocycles. The first kappa shape index (κ1) is 15.8. The van der Waals surface area contributed by atoms with E-state index in [9.17, 15) is 4.79 Å². The fraction of sp³-hybridized carbons (Fsp3) is 0.250. The van der Waals surface area contributed by atoms with Gasteiger partial charge in [-0.05, 0) is 49.6 Å². The number of aryl methyl sites for hydroxylation is 2. The molecule has 0 bridgehead atoms. The summed E-state index contributed by atoms with van der Waals surface area (Å²) in [6.45, 7) is 1.89. The Morgan fingerprint density at radius 2 is 2.00 bits per heavy atom. The second-order valence-electron chi connectivity index (χ2n) is 4.81. The number of nitrogens with zero attached hydrogens (tertiary/aromatic N) is 1. The molecule has 3 nitrogen and oxygen atoms in total. The molecule has 1 N–H and O–H groups in total. The van der Waals surface area contributed by atoms with Crippen molar-refractivity contribution in [2.45, 2.75) is 26.2 Å². The van der Waals surface area contributed by atoms with Crippen LogP contribution in [0.4, 0.5) is 5.82 Å². The van der Waals surface area contributed by atoms with Gasteiger partial charge in [-0.25, -0.2) is 4.98 Å². The van der Waals surface area contributed by atoms with Crippen LogP contribution in [0.15, 0.2) is 36.4 Å². The number of rotatable bonds is 5. The van der Waals surface area contributed by atoms with Crippen LogP contribution in [-0.2, 0) is 11.2 Å². The zero-order chi connectivity index (χ0) is 15.2. The van der Waals surface area contributed by atoms with Gasteiger partial charge in [0.05, 0.1) is 10.0 Å². The number of halogens is 2. The summed E-state index contributed by atoms with van der Waals surface area (Å²) in [5.41, 5.74) is 1.95. The zero-order valence-corrected chi connectivity index (χ0v) is 13.2. The van der Waals surface area contributed by atoms with Crippen LogP contribution in [0.25, 0.3) is 0 Å². The summed E-state index contributed by atoms with van der Waals surface area (Å²) in [4.78, 5) is 16.1. The Hall–Kier alpha value is -1.58. The molecule has 1 amide bonds.